The molecule has 1 atom stereocenters. The summed E-state index contributed by atoms with van der Waals surface area (Å²) in [6.45, 7) is 2.77. The fraction of sp³-hybridized carbons (Fsp3) is 0.350. The number of amides is 1. The summed E-state index contributed by atoms with van der Waals surface area (Å²) in [6, 6.07) is 14.7. The minimum absolute atomic E-state index is 0.0210. The number of rotatable bonds is 5. The van der Waals surface area contributed by atoms with Crippen LogP contribution in [0, 0.1) is 5.82 Å². The van der Waals surface area contributed by atoms with Gasteiger partial charge >= 0.3 is 0 Å². The Morgan fingerprint density at radius 2 is 2.00 bits per heavy atom. The molecule has 0 aliphatic carbocycles. The molecule has 0 saturated carbocycles. The van der Waals surface area contributed by atoms with Crippen molar-refractivity contribution >= 4 is 17.5 Å². The number of nitrogens with zero attached hydrogens (tertiary/aromatic N) is 1. The van der Waals surface area contributed by atoms with Crippen molar-refractivity contribution in [2.45, 2.75) is 25.3 Å². The first-order chi connectivity index (χ1) is 12.1. The van der Waals surface area contributed by atoms with Crippen molar-refractivity contribution in [3.05, 3.63) is 70.5 Å². The molecule has 1 unspecified atom stereocenters. The van der Waals surface area contributed by atoms with E-state index in [1.165, 1.54) is 23.8 Å². The monoisotopic (exact) mass is 360 g/mol. The van der Waals surface area contributed by atoms with E-state index in [4.69, 9.17) is 11.6 Å². The summed E-state index contributed by atoms with van der Waals surface area (Å²) in [5.41, 5.74) is 1.25. The minimum atomic E-state index is -0.582. The van der Waals surface area contributed by atoms with Crippen molar-refractivity contribution in [1.29, 1.82) is 0 Å². The van der Waals surface area contributed by atoms with E-state index in [2.05, 4.69) is 22.3 Å². The lowest BCUT2D eigenvalue weighted by atomic mass is 10.0. The molecule has 25 heavy (non-hydrogen) atoms. The number of likely N-dealkylation sites (tertiary alicyclic amines) is 1. The Kier molecular flexibility index (Phi) is 6.05. The van der Waals surface area contributed by atoms with E-state index in [9.17, 15) is 9.18 Å². The quantitative estimate of drug-likeness (QED) is 0.876. The fourth-order valence-electron chi connectivity index (χ4n) is 3.28. The summed E-state index contributed by atoms with van der Waals surface area (Å²) in [7, 11) is 0. The van der Waals surface area contributed by atoms with E-state index in [0.717, 1.165) is 38.9 Å². The molecule has 0 radical (unpaired) electrons. The molecule has 1 N–H and O–H groups in total. The van der Waals surface area contributed by atoms with E-state index in [-0.39, 0.29) is 16.6 Å². The zero-order valence-corrected chi connectivity index (χ0v) is 14.8. The molecular weight excluding hydrogens is 339 g/mol. The highest BCUT2D eigenvalue weighted by molar-refractivity contribution is 6.33. The number of hydrogen-bond donors (Lipinski definition) is 1. The van der Waals surface area contributed by atoms with Crippen LogP contribution in [0.1, 0.15) is 28.8 Å². The summed E-state index contributed by atoms with van der Waals surface area (Å²) >= 11 is 5.98. The van der Waals surface area contributed by atoms with Gasteiger partial charge in [-0.15, -0.1) is 0 Å². The Balaban J connectivity index is 1.55. The third kappa shape index (κ3) is 4.80. The number of carbonyl (C=O) groups is 1. The second kappa shape index (κ2) is 8.45. The van der Waals surface area contributed by atoms with Gasteiger partial charge in [0, 0.05) is 19.1 Å². The smallest absolute Gasteiger partial charge is 0.256 e. The lowest BCUT2D eigenvalue weighted by Crippen LogP contribution is -2.48. The summed E-state index contributed by atoms with van der Waals surface area (Å²) in [5.74, 6) is -1.01. The van der Waals surface area contributed by atoms with Crippen LogP contribution in [0.2, 0.25) is 5.02 Å². The summed E-state index contributed by atoms with van der Waals surface area (Å²) < 4.78 is 13.9. The van der Waals surface area contributed by atoms with Gasteiger partial charge in [0.2, 0.25) is 0 Å². The summed E-state index contributed by atoms with van der Waals surface area (Å²) in [6.07, 6.45) is 2.91. The summed E-state index contributed by atoms with van der Waals surface area (Å²) in [5, 5.41) is 3.09. The van der Waals surface area contributed by atoms with Crippen molar-refractivity contribution < 1.29 is 9.18 Å². The SMILES string of the molecule is O=C(NC1CCCN(CCc2ccccc2)C1)c1c(F)cccc1Cl. The van der Waals surface area contributed by atoms with E-state index < -0.39 is 11.7 Å². The normalized spacial score (nSPS) is 18.1. The third-order valence-corrected chi connectivity index (χ3v) is 4.91. The molecule has 0 bridgehead atoms. The zero-order valence-electron chi connectivity index (χ0n) is 14.1. The molecule has 0 spiro atoms. The molecule has 1 fully saturated rings. The van der Waals surface area contributed by atoms with Crippen molar-refractivity contribution in [3.63, 3.8) is 0 Å². The average Bonchev–Trinajstić information content (AvgIpc) is 2.61. The Bertz CT molecular complexity index is 703. The van der Waals surface area contributed by atoms with Crippen molar-refractivity contribution in [2.24, 2.45) is 0 Å². The highest BCUT2D eigenvalue weighted by atomic mass is 35.5. The van der Waals surface area contributed by atoms with Crippen LogP contribution in [0.5, 0.6) is 0 Å². The highest BCUT2D eigenvalue weighted by Crippen LogP contribution is 2.20. The zero-order chi connectivity index (χ0) is 17.6. The van der Waals surface area contributed by atoms with Crippen LogP contribution < -0.4 is 5.32 Å². The predicted molar refractivity (Wildman–Crippen MR) is 98.5 cm³/mol. The molecule has 2 aromatic carbocycles. The van der Waals surface area contributed by atoms with E-state index in [1.807, 2.05) is 18.2 Å². The van der Waals surface area contributed by atoms with Gasteiger partial charge in [-0.25, -0.2) is 4.39 Å². The second-order valence-electron chi connectivity index (χ2n) is 6.45. The van der Waals surface area contributed by atoms with Gasteiger partial charge in [-0.3, -0.25) is 4.79 Å². The van der Waals surface area contributed by atoms with Crippen LogP contribution in [0.4, 0.5) is 4.39 Å². The van der Waals surface area contributed by atoms with Gasteiger partial charge in [-0.05, 0) is 43.5 Å². The number of halogens is 2. The maximum Gasteiger partial charge on any atom is 0.256 e. The molecular formula is C20H22ClFN2O. The van der Waals surface area contributed by atoms with Crippen LogP contribution in [0.25, 0.3) is 0 Å². The van der Waals surface area contributed by atoms with Crippen molar-refractivity contribution in [3.8, 4) is 0 Å². The first-order valence-corrected chi connectivity index (χ1v) is 9.02. The maximum atomic E-state index is 13.9. The molecule has 5 heteroatoms. The number of benzene rings is 2. The molecule has 1 saturated heterocycles. The van der Waals surface area contributed by atoms with Gasteiger partial charge < -0.3 is 10.2 Å². The molecule has 1 heterocycles. The molecule has 1 aliphatic rings. The Labute approximate surface area is 152 Å². The number of piperidine rings is 1. The first-order valence-electron chi connectivity index (χ1n) is 8.64. The van der Waals surface area contributed by atoms with E-state index in [1.54, 1.807) is 0 Å². The van der Waals surface area contributed by atoms with Gasteiger partial charge in [0.15, 0.2) is 0 Å². The predicted octanol–water partition coefficient (Wildman–Crippen LogP) is 3.92. The third-order valence-electron chi connectivity index (χ3n) is 4.59. The molecule has 0 aromatic heterocycles. The van der Waals surface area contributed by atoms with Crippen LogP contribution >= 0.6 is 11.6 Å². The van der Waals surface area contributed by atoms with Crippen molar-refractivity contribution in [1.82, 2.24) is 10.2 Å². The number of nitrogens with one attached hydrogen (secondary N) is 1. The van der Waals surface area contributed by atoms with Crippen LogP contribution in [0.15, 0.2) is 48.5 Å². The molecule has 2 aromatic rings. The maximum absolute atomic E-state index is 13.9. The Morgan fingerprint density at radius 1 is 1.20 bits per heavy atom. The average molecular weight is 361 g/mol. The number of hydrogen-bond acceptors (Lipinski definition) is 2. The van der Waals surface area contributed by atoms with E-state index >= 15 is 0 Å². The lowest BCUT2D eigenvalue weighted by Gasteiger charge is -2.33. The molecule has 1 amide bonds. The highest BCUT2D eigenvalue weighted by Gasteiger charge is 2.24. The van der Waals surface area contributed by atoms with Crippen LogP contribution in [-0.4, -0.2) is 36.5 Å². The fourth-order valence-corrected chi connectivity index (χ4v) is 3.53. The van der Waals surface area contributed by atoms with Gasteiger partial charge in [-0.2, -0.15) is 0 Å². The van der Waals surface area contributed by atoms with Crippen LogP contribution in [-0.2, 0) is 6.42 Å². The molecule has 3 nitrogen and oxygen atoms in total. The van der Waals surface area contributed by atoms with E-state index in [0.29, 0.717) is 0 Å². The lowest BCUT2D eigenvalue weighted by molar-refractivity contribution is 0.0900. The second-order valence-corrected chi connectivity index (χ2v) is 6.85. The van der Waals surface area contributed by atoms with Crippen LogP contribution in [0.3, 0.4) is 0 Å². The Morgan fingerprint density at radius 3 is 2.76 bits per heavy atom. The molecule has 3 rings (SSSR count). The van der Waals surface area contributed by atoms with Gasteiger partial charge in [0.25, 0.3) is 5.91 Å². The minimum Gasteiger partial charge on any atom is -0.348 e. The first kappa shape index (κ1) is 17.9. The van der Waals surface area contributed by atoms with Gasteiger partial charge in [0.1, 0.15) is 5.82 Å². The Hall–Kier alpha value is -1.91. The largest absolute Gasteiger partial charge is 0.348 e. The topological polar surface area (TPSA) is 32.3 Å². The molecule has 1 aliphatic heterocycles. The van der Waals surface area contributed by atoms with Crippen molar-refractivity contribution in [2.75, 3.05) is 19.6 Å². The standard InChI is InChI=1S/C20H22ClFN2O/c21-17-9-4-10-18(22)19(17)20(25)23-16-8-5-12-24(14-16)13-11-15-6-2-1-3-7-15/h1-4,6-7,9-10,16H,5,8,11-14H2,(H,23,25). The molecule has 132 valence electrons. The van der Waals surface area contributed by atoms with Gasteiger partial charge in [0.05, 0.1) is 10.6 Å². The number of carbonyl (C=O) groups excluding carboxylic acids is 1. The summed E-state index contributed by atoms with van der Waals surface area (Å²) in [4.78, 5) is 14.7. The van der Waals surface area contributed by atoms with Gasteiger partial charge in [-0.1, -0.05) is 48.0 Å².